The summed E-state index contributed by atoms with van der Waals surface area (Å²) in [7, 11) is 0. The van der Waals surface area contributed by atoms with Gasteiger partial charge in [-0.2, -0.15) is 5.26 Å². The van der Waals surface area contributed by atoms with Crippen molar-refractivity contribution < 1.29 is 23.8 Å². The summed E-state index contributed by atoms with van der Waals surface area (Å²) in [5.41, 5.74) is -3.47. The minimum atomic E-state index is -2.08. The summed E-state index contributed by atoms with van der Waals surface area (Å²) in [6.45, 7) is 2.93. The Morgan fingerprint density at radius 1 is 1.00 bits per heavy atom. The molecule has 0 aliphatic rings. The second kappa shape index (κ2) is 9.03. The monoisotopic (exact) mass is 431 g/mol. The normalized spacial score (nSPS) is 14.4. The topological polar surface area (TPSA) is 87.4 Å². The van der Waals surface area contributed by atoms with Crippen LogP contribution in [0.15, 0.2) is 78.9 Å². The van der Waals surface area contributed by atoms with Crippen LogP contribution in [0.1, 0.15) is 35.3 Å². The van der Waals surface area contributed by atoms with Gasteiger partial charge in [-0.05, 0) is 49.2 Å². The molecule has 0 fully saturated rings. The van der Waals surface area contributed by atoms with Gasteiger partial charge < -0.3 is 9.84 Å². The number of nitrogens with zero attached hydrogens (tertiary/aromatic N) is 1. The lowest BCUT2D eigenvalue weighted by atomic mass is 9.55. The Morgan fingerprint density at radius 2 is 1.66 bits per heavy atom. The number of ether oxygens (including phenoxy) is 1. The van der Waals surface area contributed by atoms with Gasteiger partial charge in [-0.3, -0.25) is 9.59 Å². The highest BCUT2D eigenvalue weighted by Gasteiger charge is 2.62. The maximum atomic E-state index is 14.3. The lowest BCUT2D eigenvalue weighted by molar-refractivity contribution is -0.153. The Bertz CT molecular complexity index is 1170. The Morgan fingerprint density at radius 3 is 2.22 bits per heavy atom. The standard InChI is InChI=1S/C26H22FNO4/c1-3-32-24(31)25(2,23(30)18-8-5-4-6-9-18)26(17-28,19-12-14-22(29)15-13-19)20-10-7-11-21(27)16-20/h4-16,29H,3H2,1-2H3. The molecule has 0 radical (unpaired) electrons. The molecule has 6 heteroatoms. The van der Waals surface area contributed by atoms with E-state index in [-0.39, 0.29) is 29.0 Å². The molecule has 0 aliphatic carbocycles. The molecule has 5 nitrogen and oxygen atoms in total. The number of phenols is 1. The van der Waals surface area contributed by atoms with E-state index in [2.05, 4.69) is 6.07 Å². The third-order valence-electron chi connectivity index (χ3n) is 5.65. The first kappa shape index (κ1) is 22.7. The number of carbonyl (C=O) groups is 2. The van der Waals surface area contributed by atoms with Crippen molar-refractivity contribution in [2.45, 2.75) is 19.3 Å². The molecule has 162 valence electrons. The number of hydrogen-bond donors (Lipinski definition) is 1. The van der Waals surface area contributed by atoms with E-state index < -0.39 is 28.4 Å². The summed E-state index contributed by atoms with van der Waals surface area (Å²) in [5, 5.41) is 20.4. The lowest BCUT2D eigenvalue weighted by Crippen LogP contribution is -2.55. The fourth-order valence-electron chi connectivity index (χ4n) is 3.99. The molecule has 0 amide bonds. The van der Waals surface area contributed by atoms with E-state index in [1.807, 2.05) is 0 Å². The van der Waals surface area contributed by atoms with E-state index in [9.17, 15) is 24.3 Å². The third kappa shape index (κ3) is 3.63. The number of hydrogen-bond acceptors (Lipinski definition) is 5. The Labute approximate surface area is 185 Å². The van der Waals surface area contributed by atoms with Crippen LogP contribution < -0.4 is 0 Å². The van der Waals surface area contributed by atoms with Gasteiger partial charge in [0, 0.05) is 5.56 Å². The highest BCUT2D eigenvalue weighted by Crippen LogP contribution is 2.50. The maximum Gasteiger partial charge on any atom is 0.322 e. The van der Waals surface area contributed by atoms with Crippen LogP contribution in [0.2, 0.25) is 0 Å². The fourth-order valence-corrected chi connectivity index (χ4v) is 3.99. The third-order valence-corrected chi connectivity index (χ3v) is 5.65. The highest BCUT2D eigenvalue weighted by atomic mass is 19.1. The van der Waals surface area contributed by atoms with Gasteiger partial charge in [0.1, 0.15) is 17.0 Å². The number of carbonyl (C=O) groups excluding carboxylic acids is 2. The molecule has 0 saturated heterocycles. The van der Waals surface area contributed by atoms with Gasteiger partial charge in [-0.1, -0.05) is 54.6 Å². The van der Waals surface area contributed by atoms with Gasteiger partial charge in [-0.25, -0.2) is 4.39 Å². The number of ketones is 1. The number of halogens is 1. The predicted octanol–water partition coefficient (Wildman–Crippen LogP) is 4.79. The number of esters is 1. The molecule has 3 rings (SSSR count). The first-order valence-corrected chi connectivity index (χ1v) is 10.0. The highest BCUT2D eigenvalue weighted by molar-refractivity contribution is 6.14. The maximum absolute atomic E-state index is 14.3. The largest absolute Gasteiger partial charge is 0.508 e. The minimum absolute atomic E-state index is 0.0171. The van der Waals surface area contributed by atoms with Crippen molar-refractivity contribution in [1.29, 1.82) is 5.26 Å². The Balaban J connectivity index is 2.44. The molecule has 1 N–H and O–H groups in total. The zero-order chi connectivity index (χ0) is 23.4. The van der Waals surface area contributed by atoms with Crippen LogP contribution in [0, 0.1) is 22.6 Å². The summed E-state index contributed by atoms with van der Waals surface area (Å²) < 4.78 is 19.6. The van der Waals surface area contributed by atoms with E-state index in [0.717, 1.165) is 6.07 Å². The van der Waals surface area contributed by atoms with Crippen molar-refractivity contribution in [3.8, 4) is 11.8 Å². The molecule has 3 aromatic rings. The molecular weight excluding hydrogens is 409 g/mol. The minimum Gasteiger partial charge on any atom is -0.508 e. The summed E-state index contributed by atoms with van der Waals surface area (Å²) in [6, 6.07) is 21.1. The molecular formula is C26H22FNO4. The smallest absolute Gasteiger partial charge is 0.322 e. The van der Waals surface area contributed by atoms with Crippen molar-refractivity contribution in [3.05, 3.63) is 101 Å². The van der Waals surface area contributed by atoms with Gasteiger partial charge in [-0.15, -0.1) is 0 Å². The molecule has 0 aliphatic heterocycles. The van der Waals surface area contributed by atoms with Crippen LogP contribution in [0.5, 0.6) is 5.75 Å². The second-order valence-corrected chi connectivity index (χ2v) is 7.46. The van der Waals surface area contributed by atoms with E-state index in [4.69, 9.17) is 4.74 Å². The van der Waals surface area contributed by atoms with Crippen molar-refractivity contribution in [1.82, 2.24) is 0 Å². The van der Waals surface area contributed by atoms with Crippen LogP contribution in [0.4, 0.5) is 4.39 Å². The van der Waals surface area contributed by atoms with Crippen molar-refractivity contribution in [2.75, 3.05) is 6.61 Å². The number of rotatable bonds is 7. The molecule has 32 heavy (non-hydrogen) atoms. The second-order valence-electron chi connectivity index (χ2n) is 7.46. The van der Waals surface area contributed by atoms with Crippen LogP contribution in [0.3, 0.4) is 0 Å². The summed E-state index contributed by atoms with van der Waals surface area (Å²) in [4.78, 5) is 27.3. The zero-order valence-corrected chi connectivity index (χ0v) is 17.7. The molecule has 0 spiro atoms. The molecule has 2 unspecified atom stereocenters. The van der Waals surface area contributed by atoms with Crippen LogP contribution in [0.25, 0.3) is 0 Å². The van der Waals surface area contributed by atoms with Gasteiger partial charge in [0.05, 0.1) is 12.7 Å². The number of Topliss-reactive ketones (excluding diaryl/α,β-unsaturated/α-hetero) is 1. The molecule has 2 atom stereocenters. The first-order chi connectivity index (χ1) is 15.3. The van der Waals surface area contributed by atoms with Crippen molar-refractivity contribution in [3.63, 3.8) is 0 Å². The van der Waals surface area contributed by atoms with Gasteiger partial charge in [0.2, 0.25) is 0 Å². The van der Waals surface area contributed by atoms with Crippen LogP contribution in [-0.2, 0) is 14.9 Å². The van der Waals surface area contributed by atoms with E-state index >= 15 is 0 Å². The fraction of sp³-hybridized carbons (Fsp3) is 0.192. The predicted molar refractivity (Wildman–Crippen MR) is 116 cm³/mol. The first-order valence-electron chi connectivity index (χ1n) is 10.0. The average molecular weight is 431 g/mol. The quantitative estimate of drug-likeness (QED) is 0.330. The molecule has 0 saturated carbocycles. The summed E-state index contributed by atoms with van der Waals surface area (Å²) in [5.74, 6) is -2.24. The van der Waals surface area contributed by atoms with E-state index in [1.54, 1.807) is 37.3 Å². The van der Waals surface area contributed by atoms with E-state index in [1.165, 1.54) is 49.4 Å². The lowest BCUT2D eigenvalue weighted by Gasteiger charge is -2.41. The number of nitriles is 1. The number of aromatic hydroxyl groups is 1. The Kier molecular flexibility index (Phi) is 6.40. The molecule has 3 aromatic carbocycles. The average Bonchev–Trinajstić information content (AvgIpc) is 2.81. The van der Waals surface area contributed by atoms with Gasteiger partial charge in [0.15, 0.2) is 11.2 Å². The Hall–Kier alpha value is -3.98. The van der Waals surface area contributed by atoms with Crippen LogP contribution in [-0.4, -0.2) is 23.5 Å². The summed E-state index contributed by atoms with van der Waals surface area (Å²) >= 11 is 0. The summed E-state index contributed by atoms with van der Waals surface area (Å²) in [6.07, 6.45) is 0. The number of benzene rings is 3. The van der Waals surface area contributed by atoms with Crippen molar-refractivity contribution >= 4 is 11.8 Å². The molecule has 0 bridgehead atoms. The van der Waals surface area contributed by atoms with Gasteiger partial charge in [0.25, 0.3) is 0 Å². The van der Waals surface area contributed by atoms with Gasteiger partial charge >= 0.3 is 5.97 Å². The van der Waals surface area contributed by atoms with Crippen LogP contribution >= 0.6 is 0 Å². The van der Waals surface area contributed by atoms with E-state index in [0.29, 0.717) is 0 Å². The SMILES string of the molecule is CCOC(=O)C(C)(C(=O)c1ccccc1)C(C#N)(c1ccc(O)cc1)c1cccc(F)c1. The molecule has 0 aromatic heterocycles. The molecule has 0 heterocycles. The number of phenolic OH excluding ortho intramolecular Hbond substituents is 1. The van der Waals surface area contributed by atoms with Crippen molar-refractivity contribution in [2.24, 2.45) is 5.41 Å². The zero-order valence-electron chi connectivity index (χ0n) is 17.7.